The molecule has 0 spiro atoms. The summed E-state index contributed by atoms with van der Waals surface area (Å²) in [4.78, 5) is 23.7. The molecule has 1 aromatic heterocycles. The van der Waals surface area contributed by atoms with Gasteiger partial charge in [-0.05, 0) is 31.7 Å². The van der Waals surface area contributed by atoms with E-state index < -0.39 is 6.03 Å². The van der Waals surface area contributed by atoms with E-state index in [0.29, 0.717) is 24.2 Å². The number of aromatic nitrogens is 3. The van der Waals surface area contributed by atoms with Crippen molar-refractivity contribution in [1.29, 1.82) is 0 Å². The lowest BCUT2D eigenvalue weighted by atomic mass is 10.1. The minimum Gasteiger partial charge on any atom is -0.338 e. The standard InChI is InChI=1S/C19H27N5O2S/c1-5-24-17(15-9-7-6-8-14(15)4)22-23-19(24)27-12-16(25)21-18(26)20-11-10-13(2)3/h6-9,13H,5,10-12H2,1-4H3,(H2,20,21,25,26). The number of nitrogens with one attached hydrogen (secondary N) is 2. The van der Waals surface area contributed by atoms with Gasteiger partial charge in [0.25, 0.3) is 0 Å². The van der Waals surface area contributed by atoms with E-state index in [9.17, 15) is 9.59 Å². The zero-order valence-electron chi connectivity index (χ0n) is 16.3. The first-order valence-electron chi connectivity index (χ1n) is 9.12. The summed E-state index contributed by atoms with van der Waals surface area (Å²) in [7, 11) is 0. The Morgan fingerprint density at radius 3 is 2.63 bits per heavy atom. The highest BCUT2D eigenvalue weighted by molar-refractivity contribution is 7.99. The van der Waals surface area contributed by atoms with Crippen LogP contribution in [-0.2, 0) is 11.3 Å². The lowest BCUT2D eigenvalue weighted by Gasteiger charge is -2.10. The molecule has 146 valence electrons. The number of rotatable bonds is 8. The zero-order valence-corrected chi connectivity index (χ0v) is 17.1. The van der Waals surface area contributed by atoms with Crippen molar-refractivity contribution in [2.24, 2.45) is 5.92 Å². The second-order valence-electron chi connectivity index (χ2n) is 6.64. The van der Waals surface area contributed by atoms with Crippen LogP contribution in [0.4, 0.5) is 4.79 Å². The molecule has 0 atom stereocenters. The molecule has 2 rings (SSSR count). The van der Waals surface area contributed by atoms with E-state index in [-0.39, 0.29) is 11.7 Å². The fourth-order valence-corrected chi connectivity index (χ4v) is 3.32. The number of imide groups is 1. The van der Waals surface area contributed by atoms with Gasteiger partial charge in [-0.25, -0.2) is 4.79 Å². The molecule has 8 heteroatoms. The SMILES string of the molecule is CCn1c(SCC(=O)NC(=O)NCCC(C)C)nnc1-c1ccccc1C. The normalized spacial score (nSPS) is 10.9. The van der Waals surface area contributed by atoms with Crippen LogP contribution >= 0.6 is 11.8 Å². The highest BCUT2D eigenvalue weighted by atomic mass is 32.2. The van der Waals surface area contributed by atoms with Crippen molar-refractivity contribution in [3.8, 4) is 11.4 Å². The third-order valence-corrected chi connectivity index (χ3v) is 4.98. The van der Waals surface area contributed by atoms with Gasteiger partial charge in [-0.1, -0.05) is 49.9 Å². The lowest BCUT2D eigenvalue weighted by Crippen LogP contribution is -2.40. The van der Waals surface area contributed by atoms with Crippen molar-refractivity contribution in [1.82, 2.24) is 25.4 Å². The highest BCUT2D eigenvalue weighted by Gasteiger charge is 2.16. The molecule has 2 N–H and O–H groups in total. The van der Waals surface area contributed by atoms with E-state index in [4.69, 9.17) is 0 Å². The van der Waals surface area contributed by atoms with Gasteiger partial charge in [0.05, 0.1) is 5.75 Å². The number of hydrogen-bond acceptors (Lipinski definition) is 5. The number of benzene rings is 1. The Bertz CT molecular complexity index is 788. The Hall–Kier alpha value is -2.35. The van der Waals surface area contributed by atoms with E-state index in [1.807, 2.05) is 42.7 Å². The molecule has 0 saturated heterocycles. The van der Waals surface area contributed by atoms with Crippen molar-refractivity contribution < 1.29 is 9.59 Å². The first-order valence-corrected chi connectivity index (χ1v) is 10.1. The van der Waals surface area contributed by atoms with Crippen LogP contribution in [0, 0.1) is 12.8 Å². The van der Waals surface area contributed by atoms with Gasteiger partial charge in [-0.15, -0.1) is 10.2 Å². The van der Waals surface area contributed by atoms with E-state index in [1.165, 1.54) is 11.8 Å². The fraction of sp³-hybridized carbons (Fsp3) is 0.474. The molecule has 7 nitrogen and oxygen atoms in total. The Labute approximate surface area is 164 Å². The average Bonchev–Trinajstić information content (AvgIpc) is 3.02. The summed E-state index contributed by atoms with van der Waals surface area (Å²) in [6.07, 6.45) is 0.873. The van der Waals surface area contributed by atoms with Crippen LogP contribution in [-0.4, -0.2) is 39.0 Å². The van der Waals surface area contributed by atoms with Crippen molar-refractivity contribution in [2.75, 3.05) is 12.3 Å². The van der Waals surface area contributed by atoms with Crippen LogP contribution in [0.3, 0.4) is 0 Å². The average molecular weight is 390 g/mol. The van der Waals surface area contributed by atoms with Crippen molar-refractivity contribution >= 4 is 23.7 Å². The first kappa shape index (κ1) is 21.0. The van der Waals surface area contributed by atoms with E-state index >= 15 is 0 Å². The summed E-state index contributed by atoms with van der Waals surface area (Å²) in [5, 5.41) is 14.2. The highest BCUT2D eigenvalue weighted by Crippen LogP contribution is 2.26. The smallest absolute Gasteiger partial charge is 0.321 e. The monoisotopic (exact) mass is 389 g/mol. The quantitative estimate of drug-likeness (QED) is 0.677. The van der Waals surface area contributed by atoms with Gasteiger partial charge in [0.2, 0.25) is 5.91 Å². The molecular formula is C19H27N5O2S. The molecule has 1 heterocycles. The van der Waals surface area contributed by atoms with E-state index in [1.54, 1.807) is 0 Å². The summed E-state index contributed by atoms with van der Waals surface area (Å²) < 4.78 is 1.98. The molecule has 0 aliphatic heterocycles. The molecule has 0 unspecified atom stereocenters. The van der Waals surface area contributed by atoms with Gasteiger partial charge in [-0.2, -0.15) is 0 Å². The molecule has 0 saturated carbocycles. The number of carbonyl (C=O) groups excluding carboxylic acids is 2. The van der Waals surface area contributed by atoms with E-state index in [2.05, 4.69) is 34.7 Å². The number of urea groups is 1. The Morgan fingerprint density at radius 1 is 1.22 bits per heavy atom. The Morgan fingerprint density at radius 2 is 1.96 bits per heavy atom. The third-order valence-electron chi connectivity index (χ3n) is 4.01. The molecule has 0 aliphatic rings. The third kappa shape index (κ3) is 6.09. The summed E-state index contributed by atoms with van der Waals surface area (Å²) in [6, 6.07) is 7.53. The maximum atomic E-state index is 12.0. The molecular weight excluding hydrogens is 362 g/mol. The molecule has 0 fully saturated rings. The van der Waals surface area contributed by atoms with Crippen LogP contribution in [0.25, 0.3) is 11.4 Å². The van der Waals surface area contributed by atoms with Crippen molar-refractivity contribution in [3.63, 3.8) is 0 Å². The Balaban J connectivity index is 1.93. The van der Waals surface area contributed by atoms with Gasteiger partial charge in [-0.3, -0.25) is 10.1 Å². The van der Waals surface area contributed by atoms with Crippen LogP contribution < -0.4 is 10.6 Å². The van der Waals surface area contributed by atoms with Crippen LogP contribution in [0.1, 0.15) is 32.8 Å². The predicted molar refractivity (Wildman–Crippen MR) is 108 cm³/mol. The van der Waals surface area contributed by atoms with Crippen molar-refractivity contribution in [3.05, 3.63) is 29.8 Å². The molecule has 2 aromatic rings. The predicted octanol–water partition coefficient (Wildman–Crippen LogP) is 3.24. The second kappa shape index (κ2) is 10.1. The molecule has 0 bridgehead atoms. The van der Waals surface area contributed by atoms with Gasteiger partial charge >= 0.3 is 6.03 Å². The molecule has 1 aromatic carbocycles. The number of amides is 3. The molecule has 27 heavy (non-hydrogen) atoms. The largest absolute Gasteiger partial charge is 0.338 e. The summed E-state index contributed by atoms with van der Waals surface area (Å²) in [5.41, 5.74) is 2.14. The maximum absolute atomic E-state index is 12.0. The van der Waals surface area contributed by atoms with Gasteiger partial charge in [0.1, 0.15) is 0 Å². The number of hydrogen-bond donors (Lipinski definition) is 2. The zero-order chi connectivity index (χ0) is 19.8. The van der Waals surface area contributed by atoms with Gasteiger partial charge in [0.15, 0.2) is 11.0 Å². The summed E-state index contributed by atoms with van der Waals surface area (Å²) >= 11 is 1.27. The summed E-state index contributed by atoms with van der Waals surface area (Å²) in [5.74, 6) is 1.03. The fourth-order valence-electron chi connectivity index (χ4n) is 2.51. The maximum Gasteiger partial charge on any atom is 0.321 e. The molecule has 3 amide bonds. The number of nitrogens with zero attached hydrogens (tertiary/aromatic N) is 3. The van der Waals surface area contributed by atoms with Crippen molar-refractivity contribution in [2.45, 2.75) is 45.8 Å². The van der Waals surface area contributed by atoms with Gasteiger partial charge < -0.3 is 9.88 Å². The lowest BCUT2D eigenvalue weighted by molar-refractivity contribution is -0.117. The number of thioether (sulfide) groups is 1. The first-order chi connectivity index (χ1) is 12.9. The molecule has 0 aliphatic carbocycles. The minimum atomic E-state index is -0.459. The van der Waals surface area contributed by atoms with Crippen LogP contribution in [0.5, 0.6) is 0 Å². The second-order valence-corrected chi connectivity index (χ2v) is 7.58. The van der Waals surface area contributed by atoms with Crippen LogP contribution in [0.15, 0.2) is 29.4 Å². The van der Waals surface area contributed by atoms with Gasteiger partial charge in [0, 0.05) is 18.7 Å². The Kier molecular flexibility index (Phi) is 7.84. The number of aryl methyl sites for hydroxylation is 1. The topological polar surface area (TPSA) is 88.9 Å². The van der Waals surface area contributed by atoms with E-state index in [0.717, 1.165) is 23.4 Å². The molecule has 0 radical (unpaired) electrons. The summed E-state index contributed by atoms with van der Waals surface area (Å²) in [6.45, 7) is 9.44. The number of carbonyl (C=O) groups is 2. The van der Waals surface area contributed by atoms with Crippen LogP contribution in [0.2, 0.25) is 0 Å². The minimum absolute atomic E-state index is 0.101.